The Morgan fingerprint density at radius 1 is 1.35 bits per heavy atom. The van der Waals surface area contributed by atoms with Crippen LogP contribution in [-0.4, -0.2) is 12.5 Å². The van der Waals surface area contributed by atoms with Gasteiger partial charge in [0.1, 0.15) is 0 Å². The molecule has 0 radical (unpaired) electrons. The average Bonchev–Trinajstić information content (AvgIpc) is 2.96. The number of hydrazine groups is 1. The quantitative estimate of drug-likeness (QED) is 0.425. The highest BCUT2D eigenvalue weighted by molar-refractivity contribution is 5.99. The summed E-state index contributed by atoms with van der Waals surface area (Å²) >= 11 is 0. The van der Waals surface area contributed by atoms with E-state index in [1.807, 2.05) is 25.1 Å². The van der Waals surface area contributed by atoms with E-state index in [1.54, 1.807) is 0 Å². The summed E-state index contributed by atoms with van der Waals surface area (Å²) in [6, 6.07) is 5.62. The van der Waals surface area contributed by atoms with Gasteiger partial charge in [-0.25, -0.2) is 0 Å². The van der Waals surface area contributed by atoms with E-state index in [1.165, 1.54) is 32.1 Å². The predicted octanol–water partition coefficient (Wildman–Crippen LogP) is 2.98. The number of carbonyl (C=O) groups excluding carboxylic acids is 1. The number of aryl methyl sites for hydroxylation is 1. The van der Waals surface area contributed by atoms with Gasteiger partial charge in [-0.2, -0.15) is 0 Å². The fourth-order valence-electron chi connectivity index (χ4n) is 2.96. The number of nitrogens with two attached hydrogens (primary N) is 1. The van der Waals surface area contributed by atoms with E-state index < -0.39 is 0 Å². The van der Waals surface area contributed by atoms with Crippen LogP contribution in [0.25, 0.3) is 0 Å². The number of hydrogen-bond donors (Lipinski definition) is 3. The molecule has 2 rings (SSSR count). The Kier molecular flexibility index (Phi) is 5.41. The summed E-state index contributed by atoms with van der Waals surface area (Å²) in [5.41, 5.74) is 4.96. The van der Waals surface area contributed by atoms with E-state index in [4.69, 9.17) is 5.84 Å². The van der Waals surface area contributed by atoms with Crippen molar-refractivity contribution in [3.05, 3.63) is 29.3 Å². The fourth-order valence-corrected chi connectivity index (χ4v) is 2.96. The van der Waals surface area contributed by atoms with Crippen molar-refractivity contribution in [2.45, 2.75) is 45.4 Å². The van der Waals surface area contributed by atoms with Crippen LogP contribution >= 0.6 is 0 Å². The molecule has 0 bridgehead atoms. The second kappa shape index (κ2) is 7.29. The SMILES string of the molecule is Cc1ccc(C(=O)NCCCC2CCCC2)c(NN)c1. The molecule has 4 N–H and O–H groups in total. The first-order valence-corrected chi connectivity index (χ1v) is 7.56. The van der Waals surface area contributed by atoms with E-state index >= 15 is 0 Å². The number of anilines is 1. The lowest BCUT2D eigenvalue weighted by Crippen LogP contribution is -2.26. The zero-order valence-electron chi connectivity index (χ0n) is 12.2. The molecular formula is C16H25N3O. The molecule has 0 atom stereocenters. The van der Waals surface area contributed by atoms with E-state index in [0.29, 0.717) is 11.3 Å². The summed E-state index contributed by atoms with van der Waals surface area (Å²) in [6.07, 6.45) is 7.79. The van der Waals surface area contributed by atoms with Crippen molar-refractivity contribution in [3.8, 4) is 0 Å². The van der Waals surface area contributed by atoms with Crippen molar-refractivity contribution >= 4 is 11.6 Å². The molecule has 0 saturated heterocycles. The van der Waals surface area contributed by atoms with Crippen LogP contribution in [0.5, 0.6) is 0 Å². The first-order valence-electron chi connectivity index (χ1n) is 7.56. The molecule has 0 spiro atoms. The van der Waals surface area contributed by atoms with Crippen molar-refractivity contribution in [1.82, 2.24) is 5.32 Å². The molecule has 1 aromatic carbocycles. The van der Waals surface area contributed by atoms with Crippen LogP contribution < -0.4 is 16.6 Å². The lowest BCUT2D eigenvalue weighted by atomic mass is 10.0. The smallest absolute Gasteiger partial charge is 0.253 e. The van der Waals surface area contributed by atoms with Crippen LogP contribution in [-0.2, 0) is 0 Å². The lowest BCUT2D eigenvalue weighted by molar-refractivity contribution is 0.0953. The minimum atomic E-state index is -0.0515. The Bertz CT molecular complexity index is 453. The number of carbonyl (C=O) groups is 1. The Morgan fingerprint density at radius 3 is 2.80 bits per heavy atom. The molecule has 1 saturated carbocycles. The molecule has 4 nitrogen and oxygen atoms in total. The zero-order valence-corrected chi connectivity index (χ0v) is 12.2. The molecular weight excluding hydrogens is 250 g/mol. The van der Waals surface area contributed by atoms with Gasteiger partial charge in [0, 0.05) is 6.54 Å². The van der Waals surface area contributed by atoms with Crippen LogP contribution in [0.15, 0.2) is 18.2 Å². The Balaban J connectivity index is 1.79. The summed E-state index contributed by atoms with van der Waals surface area (Å²) < 4.78 is 0. The molecule has 1 aliphatic rings. The van der Waals surface area contributed by atoms with Crippen LogP contribution in [0.4, 0.5) is 5.69 Å². The van der Waals surface area contributed by atoms with Gasteiger partial charge in [-0.05, 0) is 43.4 Å². The van der Waals surface area contributed by atoms with Crippen LogP contribution in [0.2, 0.25) is 0 Å². The Morgan fingerprint density at radius 2 is 2.10 bits per heavy atom. The number of nitrogen functional groups attached to an aromatic ring is 1. The van der Waals surface area contributed by atoms with Gasteiger partial charge in [0.2, 0.25) is 0 Å². The molecule has 1 aromatic rings. The number of nitrogens with one attached hydrogen (secondary N) is 2. The molecule has 1 fully saturated rings. The first-order chi connectivity index (χ1) is 9.70. The minimum Gasteiger partial charge on any atom is -0.352 e. The Labute approximate surface area is 121 Å². The van der Waals surface area contributed by atoms with E-state index in [0.717, 1.165) is 24.4 Å². The van der Waals surface area contributed by atoms with Crippen LogP contribution in [0.1, 0.15) is 54.4 Å². The molecule has 4 heteroatoms. The van der Waals surface area contributed by atoms with Crippen molar-refractivity contribution in [2.24, 2.45) is 11.8 Å². The highest BCUT2D eigenvalue weighted by Gasteiger charge is 2.15. The van der Waals surface area contributed by atoms with Crippen LogP contribution in [0.3, 0.4) is 0 Å². The lowest BCUT2D eigenvalue weighted by Gasteiger charge is -2.12. The fraction of sp³-hybridized carbons (Fsp3) is 0.562. The topological polar surface area (TPSA) is 67.2 Å². The molecule has 0 heterocycles. The van der Waals surface area contributed by atoms with Gasteiger partial charge >= 0.3 is 0 Å². The van der Waals surface area contributed by atoms with Crippen LogP contribution in [0, 0.1) is 12.8 Å². The summed E-state index contributed by atoms with van der Waals surface area (Å²) in [4.78, 5) is 12.1. The van der Waals surface area contributed by atoms with Gasteiger partial charge in [-0.1, -0.05) is 31.7 Å². The maximum absolute atomic E-state index is 12.1. The number of hydrogen-bond acceptors (Lipinski definition) is 3. The number of rotatable bonds is 6. The molecule has 20 heavy (non-hydrogen) atoms. The third-order valence-electron chi connectivity index (χ3n) is 4.12. The molecule has 1 aliphatic carbocycles. The first kappa shape index (κ1) is 14.9. The van der Waals surface area contributed by atoms with Gasteiger partial charge in [0.05, 0.1) is 11.3 Å². The normalized spacial score (nSPS) is 15.3. The van der Waals surface area contributed by atoms with E-state index in [2.05, 4.69) is 10.7 Å². The van der Waals surface area contributed by atoms with Gasteiger partial charge in [0.25, 0.3) is 5.91 Å². The van der Waals surface area contributed by atoms with Crippen molar-refractivity contribution < 1.29 is 4.79 Å². The van der Waals surface area contributed by atoms with Crippen molar-refractivity contribution in [2.75, 3.05) is 12.0 Å². The number of benzene rings is 1. The molecule has 0 aliphatic heterocycles. The minimum absolute atomic E-state index is 0.0515. The highest BCUT2D eigenvalue weighted by atomic mass is 16.1. The standard InChI is InChI=1S/C16H25N3O/c1-12-8-9-14(15(11-12)19-17)16(20)18-10-4-7-13-5-2-3-6-13/h8-9,11,13,19H,2-7,10,17H2,1H3,(H,18,20). The monoisotopic (exact) mass is 275 g/mol. The third kappa shape index (κ3) is 3.97. The number of amides is 1. The molecule has 0 unspecified atom stereocenters. The van der Waals surface area contributed by atoms with Gasteiger partial charge in [0.15, 0.2) is 0 Å². The molecule has 110 valence electrons. The maximum atomic E-state index is 12.1. The van der Waals surface area contributed by atoms with Gasteiger partial charge in [-0.3, -0.25) is 10.6 Å². The van der Waals surface area contributed by atoms with Crippen molar-refractivity contribution in [3.63, 3.8) is 0 Å². The predicted molar refractivity (Wildman–Crippen MR) is 82.5 cm³/mol. The molecule has 0 aromatic heterocycles. The van der Waals surface area contributed by atoms with E-state index in [-0.39, 0.29) is 5.91 Å². The summed E-state index contributed by atoms with van der Waals surface area (Å²) in [5.74, 6) is 6.30. The second-order valence-corrected chi connectivity index (χ2v) is 5.74. The molecule has 1 amide bonds. The summed E-state index contributed by atoms with van der Waals surface area (Å²) in [5, 5.41) is 2.98. The average molecular weight is 275 g/mol. The largest absolute Gasteiger partial charge is 0.352 e. The highest BCUT2D eigenvalue weighted by Crippen LogP contribution is 2.28. The van der Waals surface area contributed by atoms with Gasteiger partial charge in [-0.15, -0.1) is 0 Å². The van der Waals surface area contributed by atoms with Gasteiger partial charge < -0.3 is 10.7 Å². The summed E-state index contributed by atoms with van der Waals surface area (Å²) in [7, 11) is 0. The third-order valence-corrected chi connectivity index (χ3v) is 4.12. The van der Waals surface area contributed by atoms with E-state index in [9.17, 15) is 4.79 Å². The Hall–Kier alpha value is -1.55. The maximum Gasteiger partial charge on any atom is 0.253 e. The van der Waals surface area contributed by atoms with Crippen molar-refractivity contribution in [1.29, 1.82) is 0 Å². The zero-order chi connectivity index (χ0) is 14.4. The second-order valence-electron chi connectivity index (χ2n) is 5.74. The summed E-state index contributed by atoms with van der Waals surface area (Å²) in [6.45, 7) is 2.72.